The van der Waals surface area contributed by atoms with E-state index in [1.54, 1.807) is 0 Å². The molecule has 0 saturated carbocycles. The Balaban J connectivity index is 1.87. The van der Waals surface area contributed by atoms with Crippen LogP contribution in [0, 0.1) is 10.1 Å². The third kappa shape index (κ3) is 5.20. The molecule has 0 aliphatic carbocycles. The molecule has 0 atom stereocenters. The summed E-state index contributed by atoms with van der Waals surface area (Å²) in [5.74, 6) is 0.431. The first-order valence-electron chi connectivity index (χ1n) is 10.00. The van der Waals surface area contributed by atoms with Crippen LogP contribution in [0.3, 0.4) is 0 Å². The number of nitro groups is 1. The molecule has 0 bridgehead atoms. The molecular formula is C21H30N6O2. The highest BCUT2D eigenvalue weighted by atomic mass is 16.6. The van der Waals surface area contributed by atoms with Crippen LogP contribution in [0.25, 0.3) is 0 Å². The van der Waals surface area contributed by atoms with Crippen LogP contribution in [-0.2, 0) is 6.42 Å². The van der Waals surface area contributed by atoms with Crippen LogP contribution in [0.1, 0.15) is 53.0 Å². The lowest BCUT2D eigenvalue weighted by molar-refractivity contribution is -0.383. The van der Waals surface area contributed by atoms with E-state index >= 15 is 0 Å². The molecule has 0 unspecified atom stereocenters. The number of nitrogens with zero attached hydrogens (tertiary/aromatic N) is 3. The van der Waals surface area contributed by atoms with Gasteiger partial charge in [-0.1, -0.05) is 19.1 Å². The SMILES string of the molecule is CCc1ccc(Nc2ncnc(NC3CC(C)(C)NC(C)(C)C3)c2[N+](=O)[O-])cc1. The van der Waals surface area contributed by atoms with E-state index in [0.717, 1.165) is 24.9 Å². The summed E-state index contributed by atoms with van der Waals surface area (Å²) in [5, 5.41) is 21.9. The van der Waals surface area contributed by atoms with Crippen molar-refractivity contribution < 1.29 is 4.92 Å². The van der Waals surface area contributed by atoms with Gasteiger partial charge in [-0.25, -0.2) is 9.97 Å². The molecular weight excluding hydrogens is 368 g/mol. The average Bonchev–Trinajstić information content (AvgIpc) is 2.59. The van der Waals surface area contributed by atoms with Crippen molar-refractivity contribution in [1.82, 2.24) is 15.3 Å². The third-order valence-corrected chi connectivity index (χ3v) is 5.16. The third-order valence-electron chi connectivity index (χ3n) is 5.16. The number of nitrogens with one attached hydrogen (secondary N) is 3. The highest BCUT2D eigenvalue weighted by molar-refractivity contribution is 5.74. The normalized spacial score (nSPS) is 18.2. The van der Waals surface area contributed by atoms with Crippen LogP contribution >= 0.6 is 0 Å². The predicted octanol–water partition coefficient (Wildman–Crippen LogP) is 4.41. The fourth-order valence-electron chi connectivity index (χ4n) is 4.33. The Morgan fingerprint density at radius 1 is 1.10 bits per heavy atom. The quantitative estimate of drug-likeness (QED) is 0.489. The topological polar surface area (TPSA) is 105 Å². The minimum absolute atomic E-state index is 0.0616. The van der Waals surface area contributed by atoms with Gasteiger partial charge in [0.05, 0.1) is 4.92 Å². The molecule has 1 aliphatic rings. The molecule has 1 saturated heterocycles. The summed E-state index contributed by atoms with van der Waals surface area (Å²) in [6.07, 6.45) is 3.96. The van der Waals surface area contributed by atoms with E-state index in [2.05, 4.69) is 60.5 Å². The molecule has 0 amide bonds. The highest BCUT2D eigenvalue weighted by Gasteiger charge is 2.38. The number of piperidine rings is 1. The van der Waals surface area contributed by atoms with Crippen LogP contribution in [0.2, 0.25) is 0 Å². The highest BCUT2D eigenvalue weighted by Crippen LogP contribution is 2.35. The molecule has 2 heterocycles. The molecule has 3 N–H and O–H groups in total. The fraction of sp³-hybridized carbons (Fsp3) is 0.524. The number of hydrogen-bond donors (Lipinski definition) is 3. The molecule has 1 aromatic heterocycles. The van der Waals surface area contributed by atoms with Gasteiger partial charge in [0, 0.05) is 22.8 Å². The van der Waals surface area contributed by atoms with E-state index in [1.807, 2.05) is 24.3 Å². The van der Waals surface area contributed by atoms with Crippen LogP contribution < -0.4 is 16.0 Å². The van der Waals surface area contributed by atoms with Crippen molar-refractivity contribution in [2.75, 3.05) is 10.6 Å². The van der Waals surface area contributed by atoms with Crippen molar-refractivity contribution >= 4 is 23.0 Å². The van der Waals surface area contributed by atoms with Gasteiger partial charge in [-0.3, -0.25) is 10.1 Å². The molecule has 0 radical (unpaired) electrons. The van der Waals surface area contributed by atoms with E-state index in [9.17, 15) is 10.1 Å². The van der Waals surface area contributed by atoms with Gasteiger partial charge in [-0.05, 0) is 64.7 Å². The summed E-state index contributed by atoms with van der Waals surface area (Å²) in [6.45, 7) is 10.7. The summed E-state index contributed by atoms with van der Waals surface area (Å²) in [7, 11) is 0. The minimum atomic E-state index is -0.428. The van der Waals surface area contributed by atoms with Gasteiger partial charge in [0.1, 0.15) is 6.33 Å². The number of aryl methyl sites for hydroxylation is 1. The first kappa shape index (κ1) is 21.0. The van der Waals surface area contributed by atoms with Gasteiger partial charge in [0.15, 0.2) is 0 Å². The fourth-order valence-corrected chi connectivity index (χ4v) is 4.33. The minimum Gasteiger partial charge on any atom is -0.361 e. The molecule has 2 aromatic rings. The van der Waals surface area contributed by atoms with E-state index < -0.39 is 4.92 Å². The average molecular weight is 399 g/mol. The number of benzene rings is 1. The largest absolute Gasteiger partial charge is 0.361 e. The van der Waals surface area contributed by atoms with E-state index in [4.69, 9.17) is 0 Å². The zero-order valence-corrected chi connectivity index (χ0v) is 17.7. The van der Waals surface area contributed by atoms with E-state index in [1.165, 1.54) is 11.9 Å². The van der Waals surface area contributed by atoms with Gasteiger partial charge in [-0.15, -0.1) is 0 Å². The van der Waals surface area contributed by atoms with Crippen LogP contribution in [-0.4, -0.2) is 32.0 Å². The Kier molecular flexibility index (Phi) is 5.75. The van der Waals surface area contributed by atoms with Crippen molar-refractivity contribution in [3.05, 3.63) is 46.3 Å². The van der Waals surface area contributed by atoms with Gasteiger partial charge < -0.3 is 16.0 Å². The molecule has 1 aliphatic heterocycles. The molecule has 1 aromatic carbocycles. The summed E-state index contributed by atoms with van der Waals surface area (Å²) in [4.78, 5) is 19.8. The first-order chi connectivity index (χ1) is 13.6. The van der Waals surface area contributed by atoms with Crippen LogP contribution in [0.5, 0.6) is 0 Å². The maximum Gasteiger partial charge on any atom is 0.353 e. The molecule has 3 rings (SSSR count). The number of anilines is 3. The lowest BCUT2D eigenvalue weighted by Crippen LogP contribution is -2.60. The maximum absolute atomic E-state index is 11.9. The summed E-state index contributed by atoms with van der Waals surface area (Å²) >= 11 is 0. The number of aromatic nitrogens is 2. The zero-order chi connectivity index (χ0) is 21.2. The van der Waals surface area contributed by atoms with Crippen molar-refractivity contribution in [2.45, 2.75) is 71.0 Å². The van der Waals surface area contributed by atoms with Crippen molar-refractivity contribution in [3.63, 3.8) is 0 Å². The second-order valence-corrected chi connectivity index (χ2v) is 8.99. The molecule has 1 fully saturated rings. The lowest BCUT2D eigenvalue weighted by atomic mass is 9.79. The Morgan fingerprint density at radius 2 is 1.69 bits per heavy atom. The molecule has 156 valence electrons. The second-order valence-electron chi connectivity index (χ2n) is 8.99. The van der Waals surface area contributed by atoms with Crippen molar-refractivity contribution in [3.8, 4) is 0 Å². The number of hydrogen-bond acceptors (Lipinski definition) is 7. The molecule has 29 heavy (non-hydrogen) atoms. The van der Waals surface area contributed by atoms with Crippen LogP contribution in [0.15, 0.2) is 30.6 Å². The first-order valence-corrected chi connectivity index (χ1v) is 10.00. The smallest absolute Gasteiger partial charge is 0.353 e. The Morgan fingerprint density at radius 3 is 2.24 bits per heavy atom. The number of rotatable bonds is 6. The Labute approximate surface area is 171 Å². The molecule has 0 spiro atoms. The van der Waals surface area contributed by atoms with Gasteiger partial charge >= 0.3 is 5.69 Å². The standard InChI is InChI=1S/C21H30N6O2/c1-6-14-7-9-15(10-8-14)24-18-17(27(28)29)19(23-13-22-18)25-16-11-20(2,3)26-21(4,5)12-16/h7-10,13,16,26H,6,11-12H2,1-5H3,(H2,22,23,24,25). The van der Waals surface area contributed by atoms with Crippen molar-refractivity contribution in [2.24, 2.45) is 0 Å². The van der Waals surface area contributed by atoms with Gasteiger partial charge in [-0.2, -0.15) is 0 Å². The van der Waals surface area contributed by atoms with E-state index in [-0.39, 0.29) is 34.4 Å². The monoisotopic (exact) mass is 398 g/mol. The molecule has 8 nitrogen and oxygen atoms in total. The summed E-state index contributed by atoms with van der Waals surface area (Å²) in [5.41, 5.74) is 1.65. The maximum atomic E-state index is 11.9. The predicted molar refractivity (Wildman–Crippen MR) is 116 cm³/mol. The zero-order valence-electron chi connectivity index (χ0n) is 17.7. The lowest BCUT2D eigenvalue weighted by Gasteiger charge is -2.46. The van der Waals surface area contributed by atoms with E-state index in [0.29, 0.717) is 0 Å². The Hall–Kier alpha value is -2.74. The van der Waals surface area contributed by atoms with Crippen molar-refractivity contribution in [1.29, 1.82) is 0 Å². The Bertz CT molecular complexity index is 863. The summed E-state index contributed by atoms with van der Waals surface area (Å²) < 4.78 is 0. The van der Waals surface area contributed by atoms with Gasteiger partial charge in [0.2, 0.25) is 11.6 Å². The summed E-state index contributed by atoms with van der Waals surface area (Å²) in [6, 6.07) is 7.85. The van der Waals surface area contributed by atoms with Gasteiger partial charge in [0.25, 0.3) is 0 Å². The van der Waals surface area contributed by atoms with Crippen LogP contribution in [0.4, 0.5) is 23.0 Å². The second kappa shape index (κ2) is 7.94. The molecule has 8 heteroatoms.